The Kier molecular flexibility index (Phi) is 5.34. The summed E-state index contributed by atoms with van der Waals surface area (Å²) >= 11 is 0. The van der Waals surface area contributed by atoms with Gasteiger partial charge in [-0.15, -0.1) is 6.42 Å². The van der Waals surface area contributed by atoms with Crippen LogP contribution in [0.1, 0.15) is 32.6 Å². The minimum atomic E-state index is 0.147. The van der Waals surface area contributed by atoms with Crippen LogP contribution >= 0.6 is 0 Å². The van der Waals surface area contributed by atoms with E-state index in [1.165, 1.54) is 19.3 Å². The minimum Gasteiger partial charge on any atom is -0.341 e. The van der Waals surface area contributed by atoms with Crippen LogP contribution in [0.5, 0.6) is 0 Å². The van der Waals surface area contributed by atoms with Crippen molar-refractivity contribution >= 4 is 5.91 Å². The molecule has 0 saturated heterocycles. The second-order valence-corrected chi connectivity index (χ2v) is 4.64. The topological polar surface area (TPSA) is 32.3 Å². The van der Waals surface area contributed by atoms with Gasteiger partial charge in [-0.1, -0.05) is 25.7 Å². The molecular formula is C13H22N2O. The van der Waals surface area contributed by atoms with Crippen molar-refractivity contribution in [1.82, 2.24) is 10.2 Å². The first-order valence-corrected chi connectivity index (χ1v) is 6.06. The molecule has 3 heteroatoms. The molecule has 3 nitrogen and oxygen atoms in total. The van der Waals surface area contributed by atoms with Gasteiger partial charge in [-0.3, -0.25) is 10.1 Å². The molecule has 0 aromatic rings. The smallest absolute Gasteiger partial charge is 0.236 e. The van der Waals surface area contributed by atoms with Gasteiger partial charge in [0.1, 0.15) is 0 Å². The Morgan fingerprint density at radius 2 is 2.19 bits per heavy atom. The van der Waals surface area contributed by atoms with Gasteiger partial charge in [0.15, 0.2) is 0 Å². The fraction of sp³-hybridized carbons (Fsp3) is 0.769. The fourth-order valence-corrected chi connectivity index (χ4v) is 2.42. The van der Waals surface area contributed by atoms with E-state index in [4.69, 9.17) is 6.42 Å². The number of hydrogen-bond donors (Lipinski definition) is 1. The van der Waals surface area contributed by atoms with E-state index in [9.17, 15) is 4.79 Å². The molecule has 90 valence electrons. The first kappa shape index (κ1) is 13.1. The van der Waals surface area contributed by atoms with Gasteiger partial charge in [-0.05, 0) is 18.8 Å². The van der Waals surface area contributed by atoms with Gasteiger partial charge in [0.2, 0.25) is 5.91 Å². The van der Waals surface area contributed by atoms with Gasteiger partial charge < -0.3 is 4.90 Å². The van der Waals surface area contributed by atoms with Crippen LogP contribution in [-0.4, -0.2) is 37.0 Å². The van der Waals surface area contributed by atoms with E-state index in [1.54, 1.807) is 0 Å². The van der Waals surface area contributed by atoms with E-state index in [1.807, 2.05) is 11.9 Å². The molecule has 0 bridgehead atoms. The number of carbonyl (C=O) groups is 1. The van der Waals surface area contributed by atoms with Crippen LogP contribution in [0.2, 0.25) is 0 Å². The quantitative estimate of drug-likeness (QED) is 0.573. The van der Waals surface area contributed by atoms with Crippen LogP contribution in [0.3, 0.4) is 0 Å². The number of nitrogens with zero attached hydrogens (tertiary/aromatic N) is 1. The molecule has 1 rings (SSSR count). The molecule has 0 aromatic heterocycles. The summed E-state index contributed by atoms with van der Waals surface area (Å²) in [4.78, 5) is 13.8. The number of carbonyl (C=O) groups excluding carboxylic acids is 1. The Hall–Kier alpha value is -1.01. The molecule has 16 heavy (non-hydrogen) atoms. The maximum atomic E-state index is 11.9. The van der Waals surface area contributed by atoms with Gasteiger partial charge in [-0.25, -0.2) is 0 Å². The van der Waals surface area contributed by atoms with Crippen molar-refractivity contribution in [3.8, 4) is 12.3 Å². The first-order valence-electron chi connectivity index (χ1n) is 6.06. The highest BCUT2D eigenvalue weighted by Gasteiger charge is 2.27. The lowest BCUT2D eigenvalue weighted by Gasteiger charge is -2.36. The number of amides is 1. The fourth-order valence-electron chi connectivity index (χ4n) is 2.42. The number of rotatable bonds is 4. The molecular weight excluding hydrogens is 200 g/mol. The molecule has 2 unspecified atom stereocenters. The lowest BCUT2D eigenvalue weighted by atomic mass is 9.85. The summed E-state index contributed by atoms with van der Waals surface area (Å²) in [6.45, 7) is 3.05. The standard InChI is InChI=1S/C13H22N2O/c1-4-9-14-10-13(16)15(3)12-8-6-5-7-11(12)2/h1,11-12,14H,5-10H2,2-3H3. The molecule has 1 N–H and O–H groups in total. The number of likely N-dealkylation sites (N-methyl/N-ethyl adjacent to an activating group) is 1. The Bertz CT molecular complexity index is 270. The van der Waals surface area contributed by atoms with Crippen LogP contribution in [-0.2, 0) is 4.79 Å². The third kappa shape index (κ3) is 3.53. The summed E-state index contributed by atoms with van der Waals surface area (Å²) in [5.41, 5.74) is 0. The van der Waals surface area contributed by atoms with Crippen LogP contribution in [0, 0.1) is 18.3 Å². The third-order valence-electron chi connectivity index (χ3n) is 3.46. The third-order valence-corrected chi connectivity index (χ3v) is 3.46. The van der Waals surface area contributed by atoms with E-state index >= 15 is 0 Å². The molecule has 2 atom stereocenters. The van der Waals surface area contributed by atoms with E-state index < -0.39 is 0 Å². The van der Waals surface area contributed by atoms with Gasteiger partial charge in [-0.2, -0.15) is 0 Å². The van der Waals surface area contributed by atoms with Gasteiger partial charge >= 0.3 is 0 Å². The van der Waals surface area contributed by atoms with Crippen molar-refractivity contribution in [1.29, 1.82) is 0 Å². The number of nitrogens with one attached hydrogen (secondary N) is 1. The highest BCUT2D eigenvalue weighted by molar-refractivity contribution is 5.78. The predicted octanol–water partition coefficient (Wildman–Crippen LogP) is 1.25. The number of terminal acetylenes is 1. The van der Waals surface area contributed by atoms with E-state index in [0.29, 0.717) is 25.0 Å². The summed E-state index contributed by atoms with van der Waals surface area (Å²) in [6.07, 6.45) is 10.0. The molecule has 1 aliphatic carbocycles. The van der Waals surface area contributed by atoms with Crippen molar-refractivity contribution in [3.63, 3.8) is 0 Å². The van der Waals surface area contributed by atoms with E-state index in [0.717, 1.165) is 6.42 Å². The average molecular weight is 222 g/mol. The van der Waals surface area contributed by atoms with Crippen molar-refractivity contribution in [2.24, 2.45) is 5.92 Å². The number of hydrogen-bond acceptors (Lipinski definition) is 2. The largest absolute Gasteiger partial charge is 0.341 e. The second kappa shape index (κ2) is 6.55. The zero-order valence-corrected chi connectivity index (χ0v) is 10.3. The summed E-state index contributed by atoms with van der Waals surface area (Å²) in [7, 11) is 1.91. The monoisotopic (exact) mass is 222 g/mol. The van der Waals surface area contributed by atoms with Crippen LogP contribution in [0.4, 0.5) is 0 Å². The van der Waals surface area contributed by atoms with Crippen molar-refractivity contribution in [2.45, 2.75) is 38.6 Å². The highest BCUT2D eigenvalue weighted by atomic mass is 16.2. The Labute approximate surface area is 98.6 Å². The minimum absolute atomic E-state index is 0.147. The average Bonchev–Trinajstić information content (AvgIpc) is 2.29. The van der Waals surface area contributed by atoms with Crippen molar-refractivity contribution in [3.05, 3.63) is 0 Å². The maximum absolute atomic E-state index is 11.9. The highest BCUT2D eigenvalue weighted by Crippen LogP contribution is 2.27. The SMILES string of the molecule is C#CCNCC(=O)N(C)C1CCCCC1C. The van der Waals surface area contributed by atoms with Gasteiger partial charge in [0, 0.05) is 13.1 Å². The molecule has 0 heterocycles. The zero-order valence-electron chi connectivity index (χ0n) is 10.3. The Balaban J connectivity index is 2.39. The molecule has 0 aromatic carbocycles. The molecule has 1 aliphatic rings. The van der Waals surface area contributed by atoms with Crippen molar-refractivity contribution in [2.75, 3.05) is 20.1 Å². The normalized spacial score (nSPS) is 24.8. The molecule has 1 amide bonds. The lowest BCUT2D eigenvalue weighted by molar-refractivity contribution is -0.132. The Morgan fingerprint density at radius 3 is 2.81 bits per heavy atom. The lowest BCUT2D eigenvalue weighted by Crippen LogP contribution is -2.46. The molecule has 0 aliphatic heterocycles. The summed E-state index contributed by atoms with van der Waals surface area (Å²) in [5, 5.41) is 2.94. The molecule has 1 saturated carbocycles. The molecule has 1 fully saturated rings. The predicted molar refractivity (Wildman–Crippen MR) is 65.9 cm³/mol. The summed E-state index contributed by atoms with van der Waals surface area (Å²) in [5.74, 6) is 3.24. The van der Waals surface area contributed by atoms with Gasteiger partial charge in [0.25, 0.3) is 0 Å². The molecule has 0 spiro atoms. The van der Waals surface area contributed by atoms with Crippen LogP contribution in [0.15, 0.2) is 0 Å². The summed E-state index contributed by atoms with van der Waals surface area (Å²) < 4.78 is 0. The maximum Gasteiger partial charge on any atom is 0.236 e. The first-order chi connectivity index (χ1) is 7.66. The van der Waals surface area contributed by atoms with Crippen LogP contribution in [0.25, 0.3) is 0 Å². The van der Waals surface area contributed by atoms with E-state index in [2.05, 4.69) is 18.2 Å². The van der Waals surface area contributed by atoms with Crippen molar-refractivity contribution < 1.29 is 4.79 Å². The summed E-state index contributed by atoms with van der Waals surface area (Å²) in [6, 6.07) is 0.411. The second-order valence-electron chi connectivity index (χ2n) is 4.64. The zero-order chi connectivity index (χ0) is 12.0. The van der Waals surface area contributed by atoms with Crippen LogP contribution < -0.4 is 5.32 Å². The van der Waals surface area contributed by atoms with E-state index in [-0.39, 0.29) is 5.91 Å². The Morgan fingerprint density at radius 1 is 1.50 bits per heavy atom. The van der Waals surface area contributed by atoms with Gasteiger partial charge in [0.05, 0.1) is 13.1 Å². The molecule has 0 radical (unpaired) electrons.